The van der Waals surface area contributed by atoms with Gasteiger partial charge < -0.3 is 20.1 Å². The Labute approximate surface area is 317 Å². The van der Waals surface area contributed by atoms with Crippen molar-refractivity contribution in [3.05, 3.63) is 123 Å². The number of carbonyl (C=O) groups excluding carboxylic acids is 3. The van der Waals surface area contributed by atoms with Crippen LogP contribution in [0.3, 0.4) is 0 Å². The fourth-order valence-electron chi connectivity index (χ4n) is 5.99. The number of Topliss-reactive ketones (excluding diaryl/α,β-unsaturated/α-hetero) is 1. The Morgan fingerprint density at radius 1 is 0.982 bits per heavy atom. The van der Waals surface area contributed by atoms with Crippen LogP contribution in [0.2, 0.25) is 0 Å². The predicted molar refractivity (Wildman–Crippen MR) is 207 cm³/mol. The van der Waals surface area contributed by atoms with Gasteiger partial charge in [0.25, 0.3) is 0 Å². The summed E-state index contributed by atoms with van der Waals surface area (Å²) in [6, 6.07) is 20.0. The number of nitrogens with one attached hydrogen (secondary N) is 2. The van der Waals surface area contributed by atoms with Crippen molar-refractivity contribution in [3.8, 4) is 11.5 Å². The van der Waals surface area contributed by atoms with Gasteiger partial charge in [0.15, 0.2) is 11.5 Å². The number of ketones is 1. The Bertz CT molecular complexity index is 2250. The average molecular weight is 745 g/mol. The lowest BCUT2D eigenvalue weighted by atomic mass is 9.98. The molecule has 1 atom stereocenters. The molecule has 0 unspecified atom stereocenters. The maximum absolute atomic E-state index is 13.7. The highest BCUT2D eigenvalue weighted by atomic mass is 16.6. The van der Waals surface area contributed by atoms with Crippen LogP contribution in [0, 0.1) is 29.9 Å². The maximum atomic E-state index is 13.7. The number of urea groups is 1. The minimum absolute atomic E-state index is 0.0300. The first-order valence-corrected chi connectivity index (χ1v) is 17.5. The first-order valence-electron chi connectivity index (χ1n) is 17.5. The van der Waals surface area contributed by atoms with E-state index in [1.807, 2.05) is 50.2 Å². The molecule has 1 aliphatic heterocycles. The Hall–Kier alpha value is -6.90. The summed E-state index contributed by atoms with van der Waals surface area (Å²) in [5.41, 5.74) is 5.03. The predicted octanol–water partition coefficient (Wildman–Crippen LogP) is 7.19. The third kappa shape index (κ3) is 8.84. The fourth-order valence-corrected chi connectivity index (χ4v) is 5.99. The molecule has 0 saturated heterocycles. The summed E-state index contributed by atoms with van der Waals surface area (Å²) in [6.45, 7) is 5.73. The van der Waals surface area contributed by atoms with Crippen molar-refractivity contribution < 1.29 is 28.8 Å². The number of fused-ring (bicyclic) bond motifs is 1. The molecular formula is C40H40N8O7. The van der Waals surface area contributed by atoms with Gasteiger partial charge in [-0.15, -0.1) is 0 Å². The highest BCUT2D eigenvalue weighted by Gasteiger charge is 2.32. The SMILES string of the molecule is COc1ccc(CCOc2cc(C(=O)C[C@@H](C)C(=O)Nc3ccc(C)c(N4Cc5cnc(Nc6ccc(C)nc6)nc5N(C)C4=O)c3)ccc2[N+](=O)[O-])cc1. The summed E-state index contributed by atoms with van der Waals surface area (Å²) < 4.78 is 10.9. The summed E-state index contributed by atoms with van der Waals surface area (Å²) in [6.07, 6.45) is 3.67. The van der Waals surface area contributed by atoms with Gasteiger partial charge in [-0.2, -0.15) is 4.98 Å². The Morgan fingerprint density at radius 2 is 1.75 bits per heavy atom. The molecule has 2 N–H and O–H groups in total. The number of hydrogen-bond acceptors (Lipinski definition) is 11. The van der Waals surface area contributed by atoms with E-state index in [9.17, 15) is 24.5 Å². The van der Waals surface area contributed by atoms with Crippen molar-refractivity contribution in [2.24, 2.45) is 5.92 Å². The Kier molecular flexibility index (Phi) is 11.3. The van der Waals surface area contributed by atoms with Crippen molar-refractivity contribution in [2.75, 3.05) is 41.2 Å². The van der Waals surface area contributed by atoms with E-state index in [1.54, 1.807) is 56.6 Å². The minimum Gasteiger partial charge on any atom is -0.497 e. The summed E-state index contributed by atoms with van der Waals surface area (Å²) in [5.74, 6) is -0.0592. The number of amides is 3. The number of hydrogen-bond donors (Lipinski definition) is 2. The molecule has 2 aromatic heterocycles. The van der Waals surface area contributed by atoms with E-state index in [1.165, 1.54) is 23.1 Å². The largest absolute Gasteiger partial charge is 0.497 e. The summed E-state index contributed by atoms with van der Waals surface area (Å²) >= 11 is 0. The van der Waals surface area contributed by atoms with Gasteiger partial charge in [-0.05, 0) is 73.5 Å². The van der Waals surface area contributed by atoms with E-state index in [2.05, 4.69) is 25.6 Å². The number of rotatable bonds is 14. The second kappa shape index (κ2) is 16.4. The van der Waals surface area contributed by atoms with Crippen molar-refractivity contribution in [3.63, 3.8) is 0 Å². The van der Waals surface area contributed by atoms with E-state index in [0.29, 0.717) is 41.0 Å². The molecule has 15 nitrogen and oxygen atoms in total. The van der Waals surface area contributed by atoms with Crippen molar-refractivity contribution in [1.82, 2.24) is 15.0 Å². The van der Waals surface area contributed by atoms with E-state index < -0.39 is 16.7 Å². The van der Waals surface area contributed by atoms with Crippen LogP contribution in [0.4, 0.5) is 39.3 Å². The van der Waals surface area contributed by atoms with E-state index >= 15 is 0 Å². The topological polar surface area (TPSA) is 182 Å². The van der Waals surface area contributed by atoms with Crippen LogP contribution in [-0.4, -0.2) is 58.4 Å². The van der Waals surface area contributed by atoms with Crippen LogP contribution in [0.5, 0.6) is 11.5 Å². The zero-order chi connectivity index (χ0) is 39.2. The number of aromatic nitrogens is 3. The van der Waals surface area contributed by atoms with Gasteiger partial charge >= 0.3 is 11.7 Å². The molecule has 55 heavy (non-hydrogen) atoms. The lowest BCUT2D eigenvalue weighted by Crippen LogP contribution is -2.46. The first kappa shape index (κ1) is 37.8. The second-order valence-electron chi connectivity index (χ2n) is 13.2. The monoisotopic (exact) mass is 744 g/mol. The molecule has 3 aromatic carbocycles. The number of carbonyl (C=O) groups is 3. The van der Waals surface area contributed by atoms with Crippen LogP contribution >= 0.6 is 0 Å². The molecule has 0 spiro atoms. The van der Waals surface area contributed by atoms with Gasteiger partial charge in [0, 0.05) is 60.6 Å². The summed E-state index contributed by atoms with van der Waals surface area (Å²) in [4.78, 5) is 67.8. The van der Waals surface area contributed by atoms with Crippen LogP contribution in [-0.2, 0) is 17.8 Å². The van der Waals surface area contributed by atoms with Gasteiger partial charge in [0.05, 0.1) is 42.8 Å². The lowest BCUT2D eigenvalue weighted by molar-refractivity contribution is -0.385. The summed E-state index contributed by atoms with van der Waals surface area (Å²) in [7, 11) is 3.22. The summed E-state index contributed by atoms with van der Waals surface area (Å²) in [5, 5.41) is 17.7. The lowest BCUT2D eigenvalue weighted by Gasteiger charge is -2.35. The van der Waals surface area contributed by atoms with E-state index in [0.717, 1.165) is 22.4 Å². The Balaban J connectivity index is 1.10. The molecule has 3 heterocycles. The quantitative estimate of drug-likeness (QED) is 0.0667. The number of ether oxygens (including phenoxy) is 2. The molecule has 3 amide bonds. The standard InChI is InChI=1S/C40H40N8O7/c1-24-6-11-30(20-34(24)47-23-29-21-42-39(45-37(29)46(4)40(47)51)44-31-12-7-26(3)41-22-31)43-38(50)25(2)18-35(49)28-10-15-33(48(52)53)36(19-28)55-17-16-27-8-13-32(54-5)14-9-27/h6-15,19-22,25H,16-18,23H2,1-5H3,(H,43,50)(H,42,44,45)/t25-/m1/s1. The number of nitro groups is 1. The van der Waals surface area contributed by atoms with Crippen molar-refractivity contribution in [2.45, 2.75) is 40.2 Å². The highest BCUT2D eigenvalue weighted by molar-refractivity contribution is 6.06. The molecule has 282 valence electrons. The molecule has 0 radical (unpaired) electrons. The molecule has 0 bridgehead atoms. The molecule has 15 heteroatoms. The van der Waals surface area contributed by atoms with E-state index in [4.69, 9.17) is 9.47 Å². The number of anilines is 5. The maximum Gasteiger partial charge on any atom is 0.330 e. The van der Waals surface area contributed by atoms with Crippen molar-refractivity contribution >= 4 is 52.2 Å². The average Bonchev–Trinajstić information content (AvgIpc) is 3.18. The normalized spacial score (nSPS) is 12.8. The molecule has 0 fully saturated rings. The fraction of sp³-hybridized carbons (Fsp3) is 0.250. The second-order valence-corrected chi connectivity index (χ2v) is 13.2. The first-order chi connectivity index (χ1) is 26.4. The van der Waals surface area contributed by atoms with Gasteiger partial charge in [0.1, 0.15) is 11.6 Å². The highest BCUT2D eigenvalue weighted by Crippen LogP contribution is 2.34. The van der Waals surface area contributed by atoms with Crippen molar-refractivity contribution in [1.29, 1.82) is 0 Å². The Morgan fingerprint density at radius 3 is 2.45 bits per heavy atom. The zero-order valence-electron chi connectivity index (χ0n) is 31.0. The van der Waals surface area contributed by atoms with E-state index in [-0.39, 0.29) is 48.4 Å². The number of methoxy groups -OCH3 is 1. The van der Waals surface area contributed by atoms with Gasteiger partial charge in [-0.3, -0.25) is 34.5 Å². The molecule has 0 aliphatic carbocycles. The van der Waals surface area contributed by atoms with Crippen LogP contribution < -0.4 is 29.9 Å². The van der Waals surface area contributed by atoms with Gasteiger partial charge in [0.2, 0.25) is 11.9 Å². The number of nitro benzene ring substituents is 1. The third-order valence-electron chi connectivity index (χ3n) is 9.17. The minimum atomic E-state index is -0.753. The number of benzene rings is 3. The molecular weight excluding hydrogens is 704 g/mol. The van der Waals surface area contributed by atoms with Gasteiger partial charge in [-0.25, -0.2) is 9.78 Å². The van der Waals surface area contributed by atoms with Crippen LogP contribution in [0.1, 0.15) is 46.1 Å². The molecule has 1 aliphatic rings. The molecule has 5 aromatic rings. The zero-order valence-corrected chi connectivity index (χ0v) is 31.0. The van der Waals surface area contributed by atoms with Crippen LogP contribution in [0.25, 0.3) is 0 Å². The number of nitrogens with zero attached hydrogens (tertiary/aromatic N) is 6. The molecule has 0 saturated carbocycles. The smallest absolute Gasteiger partial charge is 0.330 e. The number of pyridine rings is 1. The van der Waals surface area contributed by atoms with Gasteiger partial charge in [-0.1, -0.05) is 25.1 Å². The molecule has 6 rings (SSSR count). The number of aryl methyl sites for hydroxylation is 2. The van der Waals surface area contributed by atoms with Crippen LogP contribution in [0.15, 0.2) is 85.2 Å². The third-order valence-corrected chi connectivity index (χ3v) is 9.17.